The topological polar surface area (TPSA) is 52.7 Å². The number of halogens is 2. The van der Waals surface area contributed by atoms with Crippen molar-refractivity contribution in [2.24, 2.45) is 0 Å². The molecule has 3 N–H and O–H groups in total. The second-order valence-corrected chi connectivity index (χ2v) is 4.46. The fraction of sp³-hybridized carbons (Fsp3) is 0.0909. The van der Waals surface area contributed by atoms with Crippen LogP contribution in [0.5, 0.6) is 0 Å². The van der Waals surface area contributed by atoms with Gasteiger partial charge in [0.2, 0.25) is 0 Å². The second kappa shape index (κ2) is 5.32. The number of hydrogen-bond donors (Lipinski definition) is 3. The van der Waals surface area contributed by atoms with E-state index in [0.717, 1.165) is 5.69 Å². The number of rotatable bonds is 2. The Hall–Kier alpha value is -1.66. The van der Waals surface area contributed by atoms with Gasteiger partial charge in [-0.3, -0.25) is 5.10 Å². The van der Waals surface area contributed by atoms with Gasteiger partial charge in [0.25, 0.3) is 0 Å². The monoisotopic (exact) mass is 284 g/mol. The largest absolute Gasteiger partial charge is 0.332 e. The van der Waals surface area contributed by atoms with Gasteiger partial charge in [0.1, 0.15) is 5.82 Å². The molecule has 0 fully saturated rings. The molecule has 1 aromatic heterocycles. The van der Waals surface area contributed by atoms with Crippen molar-refractivity contribution in [3.63, 3.8) is 0 Å². The minimum absolute atomic E-state index is 0.0402. The summed E-state index contributed by atoms with van der Waals surface area (Å²) in [6, 6.07) is 6.09. The van der Waals surface area contributed by atoms with E-state index in [1.54, 1.807) is 6.07 Å². The molecule has 1 aromatic carbocycles. The van der Waals surface area contributed by atoms with Crippen molar-refractivity contribution >= 4 is 40.4 Å². The van der Waals surface area contributed by atoms with E-state index in [-0.39, 0.29) is 5.02 Å². The molecule has 0 radical (unpaired) electrons. The number of aryl methyl sites for hydroxylation is 1. The number of nitrogens with one attached hydrogen (secondary N) is 3. The van der Waals surface area contributed by atoms with Crippen LogP contribution < -0.4 is 10.6 Å². The maximum Gasteiger partial charge on any atom is 0.176 e. The molecule has 0 amide bonds. The first kappa shape index (κ1) is 12.8. The van der Waals surface area contributed by atoms with Crippen LogP contribution in [0.25, 0.3) is 0 Å². The van der Waals surface area contributed by atoms with Gasteiger partial charge < -0.3 is 10.6 Å². The molecular formula is C11H10ClFN4S. The molecule has 2 aromatic rings. The Balaban J connectivity index is 2.00. The number of aromatic amines is 1. The van der Waals surface area contributed by atoms with Crippen molar-refractivity contribution < 1.29 is 4.39 Å². The van der Waals surface area contributed by atoms with Crippen molar-refractivity contribution in [3.05, 3.63) is 40.8 Å². The van der Waals surface area contributed by atoms with Crippen LogP contribution in [0.15, 0.2) is 24.3 Å². The first-order valence-electron chi connectivity index (χ1n) is 5.09. The molecule has 0 saturated carbocycles. The lowest BCUT2D eigenvalue weighted by atomic mass is 10.3. The van der Waals surface area contributed by atoms with Gasteiger partial charge >= 0.3 is 0 Å². The lowest BCUT2D eigenvalue weighted by molar-refractivity contribution is 0.628. The van der Waals surface area contributed by atoms with Crippen LogP contribution in [-0.2, 0) is 0 Å². The highest BCUT2D eigenvalue weighted by molar-refractivity contribution is 7.80. The lowest BCUT2D eigenvalue weighted by Crippen LogP contribution is -2.19. The Morgan fingerprint density at radius 3 is 2.78 bits per heavy atom. The quantitative estimate of drug-likeness (QED) is 0.741. The van der Waals surface area contributed by atoms with E-state index in [1.807, 2.05) is 13.0 Å². The van der Waals surface area contributed by atoms with E-state index in [2.05, 4.69) is 20.8 Å². The van der Waals surface area contributed by atoms with Gasteiger partial charge in [-0.25, -0.2) is 4.39 Å². The van der Waals surface area contributed by atoms with Crippen LogP contribution in [0, 0.1) is 12.7 Å². The number of H-pyrrole nitrogens is 1. The molecule has 0 aliphatic heterocycles. The van der Waals surface area contributed by atoms with Gasteiger partial charge in [0, 0.05) is 17.4 Å². The minimum atomic E-state index is -0.468. The molecule has 0 unspecified atom stereocenters. The Kier molecular flexibility index (Phi) is 3.78. The van der Waals surface area contributed by atoms with Crippen LogP contribution in [0.2, 0.25) is 5.02 Å². The molecular weight excluding hydrogens is 275 g/mol. The average molecular weight is 285 g/mol. The van der Waals surface area contributed by atoms with Crippen molar-refractivity contribution in [2.45, 2.75) is 6.92 Å². The normalized spacial score (nSPS) is 10.2. The molecule has 0 spiro atoms. The number of anilines is 2. The summed E-state index contributed by atoms with van der Waals surface area (Å²) in [5, 5.41) is 12.9. The third-order valence-electron chi connectivity index (χ3n) is 2.13. The summed E-state index contributed by atoms with van der Waals surface area (Å²) in [7, 11) is 0. The molecule has 0 aliphatic rings. The first-order chi connectivity index (χ1) is 8.54. The molecule has 4 nitrogen and oxygen atoms in total. The standard InChI is InChI=1S/C11H10ClFN4S/c1-6-4-10(17-16-6)15-11(18)14-7-2-3-9(13)8(12)5-7/h2-5H,1H3,(H3,14,15,16,17,18). The molecule has 18 heavy (non-hydrogen) atoms. The third-order valence-corrected chi connectivity index (χ3v) is 2.62. The second-order valence-electron chi connectivity index (χ2n) is 3.64. The Morgan fingerprint density at radius 2 is 2.17 bits per heavy atom. The van der Waals surface area contributed by atoms with Gasteiger partial charge in [-0.2, -0.15) is 5.10 Å². The summed E-state index contributed by atoms with van der Waals surface area (Å²) in [6.07, 6.45) is 0. The number of nitrogens with zero attached hydrogens (tertiary/aromatic N) is 1. The maximum atomic E-state index is 13.0. The first-order valence-corrected chi connectivity index (χ1v) is 5.88. The molecule has 0 atom stereocenters. The predicted octanol–water partition coefficient (Wildman–Crippen LogP) is 3.32. The summed E-state index contributed by atoms with van der Waals surface area (Å²) < 4.78 is 13.0. The molecule has 1 heterocycles. The average Bonchev–Trinajstić information content (AvgIpc) is 2.69. The predicted molar refractivity (Wildman–Crippen MR) is 74.6 cm³/mol. The van der Waals surface area contributed by atoms with Gasteiger partial charge in [-0.15, -0.1) is 0 Å². The highest BCUT2D eigenvalue weighted by Crippen LogP contribution is 2.19. The van der Waals surface area contributed by atoms with E-state index in [9.17, 15) is 4.39 Å². The van der Waals surface area contributed by atoms with E-state index in [1.165, 1.54) is 12.1 Å². The Morgan fingerprint density at radius 1 is 1.39 bits per heavy atom. The zero-order chi connectivity index (χ0) is 13.1. The molecule has 0 bridgehead atoms. The molecule has 0 saturated heterocycles. The van der Waals surface area contributed by atoms with Crippen LogP contribution in [0.1, 0.15) is 5.69 Å². The van der Waals surface area contributed by atoms with Crippen molar-refractivity contribution in [1.82, 2.24) is 10.2 Å². The number of thiocarbonyl (C=S) groups is 1. The van der Waals surface area contributed by atoms with Crippen LogP contribution >= 0.6 is 23.8 Å². The highest BCUT2D eigenvalue weighted by Gasteiger charge is 2.04. The fourth-order valence-corrected chi connectivity index (χ4v) is 1.74. The van der Waals surface area contributed by atoms with E-state index in [0.29, 0.717) is 16.6 Å². The van der Waals surface area contributed by atoms with Crippen molar-refractivity contribution in [3.8, 4) is 0 Å². The summed E-state index contributed by atoms with van der Waals surface area (Å²) in [4.78, 5) is 0. The Bertz CT molecular complexity index is 584. The summed E-state index contributed by atoms with van der Waals surface area (Å²) in [5.74, 6) is 0.141. The van der Waals surface area contributed by atoms with Gasteiger partial charge in [-0.1, -0.05) is 11.6 Å². The number of benzene rings is 1. The van der Waals surface area contributed by atoms with E-state index < -0.39 is 5.82 Å². The molecule has 94 valence electrons. The third kappa shape index (κ3) is 3.18. The van der Waals surface area contributed by atoms with Crippen LogP contribution in [-0.4, -0.2) is 15.3 Å². The number of hydrogen-bond acceptors (Lipinski definition) is 2. The zero-order valence-electron chi connectivity index (χ0n) is 9.42. The summed E-state index contributed by atoms with van der Waals surface area (Å²) >= 11 is 10.8. The van der Waals surface area contributed by atoms with Crippen LogP contribution in [0.3, 0.4) is 0 Å². The van der Waals surface area contributed by atoms with Crippen molar-refractivity contribution in [2.75, 3.05) is 10.6 Å². The molecule has 7 heteroatoms. The maximum absolute atomic E-state index is 13.0. The summed E-state index contributed by atoms with van der Waals surface area (Å²) in [6.45, 7) is 1.88. The van der Waals surface area contributed by atoms with Gasteiger partial charge in [0.05, 0.1) is 5.02 Å². The van der Waals surface area contributed by atoms with Crippen LogP contribution in [0.4, 0.5) is 15.9 Å². The Labute approximate surface area is 114 Å². The highest BCUT2D eigenvalue weighted by atomic mass is 35.5. The summed E-state index contributed by atoms with van der Waals surface area (Å²) in [5.41, 5.74) is 1.52. The van der Waals surface area contributed by atoms with Gasteiger partial charge in [0.15, 0.2) is 10.9 Å². The van der Waals surface area contributed by atoms with E-state index >= 15 is 0 Å². The lowest BCUT2D eigenvalue weighted by Gasteiger charge is -2.08. The van der Waals surface area contributed by atoms with Crippen molar-refractivity contribution in [1.29, 1.82) is 0 Å². The van der Waals surface area contributed by atoms with E-state index in [4.69, 9.17) is 23.8 Å². The fourth-order valence-electron chi connectivity index (χ4n) is 1.33. The molecule has 2 rings (SSSR count). The molecule has 0 aliphatic carbocycles. The number of aromatic nitrogens is 2. The SMILES string of the molecule is Cc1cc(NC(=S)Nc2ccc(F)c(Cl)c2)n[nH]1. The minimum Gasteiger partial charge on any atom is -0.332 e. The van der Waals surface area contributed by atoms with Gasteiger partial charge in [-0.05, 0) is 37.3 Å². The smallest absolute Gasteiger partial charge is 0.176 e. The zero-order valence-corrected chi connectivity index (χ0v) is 11.0.